The smallest absolute Gasteiger partial charge is 0.281 e. The maximum Gasteiger partial charge on any atom is 0.281 e. The Bertz CT molecular complexity index is 929. The number of nitrogens with zero attached hydrogens (tertiary/aromatic N) is 2. The Hall–Kier alpha value is -1.99. The van der Waals surface area contributed by atoms with E-state index in [0.717, 1.165) is 11.1 Å². The molecule has 2 heterocycles. The quantitative estimate of drug-likeness (QED) is 0.738. The van der Waals surface area contributed by atoms with Gasteiger partial charge in [0.2, 0.25) is 5.91 Å². The maximum absolute atomic E-state index is 13.1. The molecule has 0 unspecified atom stereocenters. The van der Waals surface area contributed by atoms with Crippen LogP contribution in [0.5, 0.6) is 0 Å². The van der Waals surface area contributed by atoms with Gasteiger partial charge in [0, 0.05) is 43.5 Å². The topological polar surface area (TPSA) is 76.0 Å². The molecular weight excluding hydrogens is 364 g/mol. The van der Waals surface area contributed by atoms with Gasteiger partial charge < -0.3 is 9.64 Å². The highest BCUT2D eigenvalue weighted by molar-refractivity contribution is 7.93. The summed E-state index contributed by atoms with van der Waals surface area (Å²) < 4.78 is 23.3. The minimum Gasteiger partial charge on any atom is -0.371 e. The number of carbonyl (C=O) groups excluding carboxylic acids is 2. The summed E-state index contributed by atoms with van der Waals surface area (Å²) in [6, 6.07) is 7.86. The van der Waals surface area contributed by atoms with Crippen molar-refractivity contribution in [1.29, 1.82) is 0 Å². The number of carbonyl (C=O) groups is 2. The first-order valence-electron chi connectivity index (χ1n) is 9.33. The van der Waals surface area contributed by atoms with Gasteiger partial charge in [-0.2, -0.15) is 4.36 Å². The molecule has 27 heavy (non-hydrogen) atoms. The molecule has 1 aliphatic carbocycles. The SMILES string of the molecule is CC(=O)N1CCOC2(CCS(=O)(=NC(=O)C3=Cc4ccccc4C3)CC2)C1. The lowest BCUT2D eigenvalue weighted by Crippen LogP contribution is -2.56. The number of hydrogen-bond donors (Lipinski definition) is 0. The van der Waals surface area contributed by atoms with E-state index in [-0.39, 0.29) is 11.8 Å². The number of hydrogen-bond acceptors (Lipinski definition) is 4. The third-order valence-electron chi connectivity index (χ3n) is 5.74. The van der Waals surface area contributed by atoms with Crippen LogP contribution in [0, 0.1) is 0 Å². The second-order valence-corrected chi connectivity index (χ2v) is 10.1. The number of benzene rings is 1. The molecule has 0 aromatic heterocycles. The number of fused-ring (bicyclic) bond motifs is 1. The highest BCUT2D eigenvalue weighted by Crippen LogP contribution is 2.33. The lowest BCUT2D eigenvalue weighted by molar-refractivity contribution is -0.150. The predicted octanol–water partition coefficient (Wildman–Crippen LogP) is 2.03. The summed E-state index contributed by atoms with van der Waals surface area (Å²) in [5.41, 5.74) is 2.31. The Kier molecular flexibility index (Phi) is 4.68. The standard InChI is InChI=1S/C20H24N2O4S/c1-15(23)22-8-9-26-20(14-22)6-10-27(25,11-7-20)21-19(24)18-12-16-4-2-3-5-17(16)13-18/h2-5,12H,6-11,13-14H2,1H3. The van der Waals surface area contributed by atoms with Crippen molar-refractivity contribution in [3.05, 3.63) is 41.0 Å². The van der Waals surface area contributed by atoms with Crippen molar-refractivity contribution < 1.29 is 18.5 Å². The summed E-state index contributed by atoms with van der Waals surface area (Å²) in [6.07, 6.45) is 3.52. The van der Waals surface area contributed by atoms with Gasteiger partial charge in [-0.15, -0.1) is 0 Å². The zero-order valence-corrected chi connectivity index (χ0v) is 16.3. The van der Waals surface area contributed by atoms with Crippen LogP contribution in [-0.2, 0) is 30.5 Å². The minimum atomic E-state index is -2.58. The fraction of sp³-hybridized carbons (Fsp3) is 0.500. The maximum atomic E-state index is 13.1. The fourth-order valence-corrected chi connectivity index (χ4v) is 6.24. The number of morpholine rings is 1. The second-order valence-electron chi connectivity index (χ2n) is 7.59. The zero-order valence-electron chi connectivity index (χ0n) is 15.5. The molecule has 0 bridgehead atoms. The van der Waals surface area contributed by atoms with Crippen LogP contribution >= 0.6 is 0 Å². The van der Waals surface area contributed by atoms with Crippen LogP contribution in [0.4, 0.5) is 0 Å². The second kappa shape index (κ2) is 6.87. The predicted molar refractivity (Wildman–Crippen MR) is 104 cm³/mol. The van der Waals surface area contributed by atoms with E-state index in [0.29, 0.717) is 56.0 Å². The van der Waals surface area contributed by atoms with E-state index in [1.807, 2.05) is 30.3 Å². The third kappa shape index (κ3) is 3.71. The van der Waals surface area contributed by atoms with Crippen molar-refractivity contribution in [2.75, 3.05) is 31.2 Å². The Labute approximate surface area is 159 Å². The molecular formula is C20H24N2O4S. The van der Waals surface area contributed by atoms with Gasteiger partial charge in [0.25, 0.3) is 5.91 Å². The van der Waals surface area contributed by atoms with Crippen molar-refractivity contribution >= 4 is 27.6 Å². The lowest BCUT2D eigenvalue weighted by Gasteiger charge is -2.45. The molecule has 1 aromatic carbocycles. The monoisotopic (exact) mass is 388 g/mol. The molecule has 6 nitrogen and oxygen atoms in total. The first kappa shape index (κ1) is 18.4. The van der Waals surface area contributed by atoms with E-state index >= 15 is 0 Å². The molecule has 0 saturated carbocycles. The fourth-order valence-electron chi connectivity index (χ4n) is 4.05. The molecule has 0 N–H and O–H groups in total. The molecule has 1 spiro atoms. The third-order valence-corrected chi connectivity index (χ3v) is 7.92. The highest BCUT2D eigenvalue weighted by atomic mass is 32.2. The van der Waals surface area contributed by atoms with Gasteiger partial charge in [-0.1, -0.05) is 24.3 Å². The Morgan fingerprint density at radius 3 is 2.67 bits per heavy atom. The largest absolute Gasteiger partial charge is 0.371 e. The number of rotatable bonds is 1. The average molecular weight is 388 g/mol. The van der Waals surface area contributed by atoms with Gasteiger partial charge in [0.15, 0.2) is 0 Å². The first-order chi connectivity index (χ1) is 12.9. The van der Waals surface area contributed by atoms with Crippen molar-refractivity contribution in [3.8, 4) is 0 Å². The Balaban J connectivity index is 1.46. The first-order valence-corrected chi connectivity index (χ1v) is 11.2. The van der Waals surface area contributed by atoms with E-state index in [4.69, 9.17) is 4.74 Å². The van der Waals surface area contributed by atoms with Gasteiger partial charge in [-0.3, -0.25) is 9.59 Å². The molecule has 2 aliphatic heterocycles. The molecule has 1 aromatic rings. The van der Waals surface area contributed by atoms with Crippen molar-refractivity contribution in [1.82, 2.24) is 4.90 Å². The van der Waals surface area contributed by atoms with E-state index < -0.39 is 15.3 Å². The van der Waals surface area contributed by atoms with Gasteiger partial charge in [0.1, 0.15) is 0 Å². The number of amides is 2. The van der Waals surface area contributed by atoms with Gasteiger partial charge >= 0.3 is 0 Å². The molecule has 2 saturated heterocycles. The summed E-state index contributed by atoms with van der Waals surface area (Å²) in [7, 11) is -2.58. The summed E-state index contributed by atoms with van der Waals surface area (Å²) in [6.45, 7) is 3.20. The van der Waals surface area contributed by atoms with Crippen molar-refractivity contribution in [2.45, 2.75) is 31.8 Å². The molecule has 3 aliphatic rings. The van der Waals surface area contributed by atoms with Crippen molar-refractivity contribution in [3.63, 3.8) is 0 Å². The van der Waals surface area contributed by atoms with Crippen LogP contribution < -0.4 is 0 Å². The molecule has 0 radical (unpaired) electrons. The lowest BCUT2D eigenvalue weighted by atomic mass is 9.94. The summed E-state index contributed by atoms with van der Waals surface area (Å²) in [4.78, 5) is 26.1. The molecule has 2 fully saturated rings. The Morgan fingerprint density at radius 2 is 1.96 bits per heavy atom. The molecule has 2 amide bonds. The van der Waals surface area contributed by atoms with Crippen LogP contribution in [0.2, 0.25) is 0 Å². The molecule has 4 rings (SSSR count). The van der Waals surface area contributed by atoms with Crippen LogP contribution in [0.15, 0.2) is 34.2 Å². The minimum absolute atomic E-state index is 0.0385. The number of ether oxygens (including phenoxy) is 1. The van der Waals surface area contributed by atoms with E-state index in [1.165, 1.54) is 0 Å². The van der Waals surface area contributed by atoms with Crippen LogP contribution in [0.25, 0.3) is 6.08 Å². The molecule has 0 atom stereocenters. The zero-order chi connectivity index (χ0) is 19.1. The van der Waals surface area contributed by atoms with E-state index in [9.17, 15) is 13.8 Å². The normalized spacial score (nSPS) is 30.0. The molecule has 144 valence electrons. The van der Waals surface area contributed by atoms with Crippen LogP contribution in [0.3, 0.4) is 0 Å². The van der Waals surface area contributed by atoms with E-state index in [1.54, 1.807) is 11.8 Å². The summed E-state index contributed by atoms with van der Waals surface area (Å²) in [5, 5.41) is 0. The van der Waals surface area contributed by atoms with E-state index in [2.05, 4.69) is 4.36 Å². The Morgan fingerprint density at radius 1 is 1.22 bits per heavy atom. The van der Waals surface area contributed by atoms with Crippen LogP contribution in [-0.4, -0.2) is 57.7 Å². The summed E-state index contributed by atoms with van der Waals surface area (Å²) in [5.74, 6) is 0.355. The van der Waals surface area contributed by atoms with Gasteiger partial charge in [-0.25, -0.2) is 4.21 Å². The van der Waals surface area contributed by atoms with Crippen LogP contribution in [0.1, 0.15) is 30.9 Å². The van der Waals surface area contributed by atoms with Gasteiger partial charge in [-0.05, 0) is 30.0 Å². The van der Waals surface area contributed by atoms with Crippen molar-refractivity contribution in [2.24, 2.45) is 4.36 Å². The summed E-state index contributed by atoms with van der Waals surface area (Å²) >= 11 is 0. The molecule has 7 heteroatoms. The van der Waals surface area contributed by atoms with Gasteiger partial charge in [0.05, 0.1) is 21.9 Å². The highest BCUT2D eigenvalue weighted by Gasteiger charge is 2.42. The average Bonchev–Trinajstić information content (AvgIpc) is 3.09.